The van der Waals surface area contributed by atoms with E-state index in [0.29, 0.717) is 36.5 Å². The van der Waals surface area contributed by atoms with Crippen LogP contribution >= 0.6 is 11.8 Å². The van der Waals surface area contributed by atoms with Gasteiger partial charge in [0.2, 0.25) is 20.9 Å². The smallest absolute Gasteiger partial charge is 0.248 e. The summed E-state index contributed by atoms with van der Waals surface area (Å²) in [5.41, 5.74) is 19.7. The number of hydrogen-bond acceptors (Lipinski definition) is 17. The minimum atomic E-state index is -3.45. The zero-order valence-electron chi connectivity index (χ0n) is 47.5. The lowest BCUT2D eigenvalue weighted by Crippen LogP contribution is -2.11. The number of thioether (sulfide) groups is 1. The van der Waals surface area contributed by atoms with E-state index in [4.69, 9.17) is 19.9 Å². The van der Waals surface area contributed by atoms with Crippen LogP contribution in [0.5, 0.6) is 17.2 Å². The first kappa shape index (κ1) is 64.8. The van der Waals surface area contributed by atoms with E-state index in [2.05, 4.69) is 138 Å². The molecule has 19 heteroatoms. The number of anilines is 4. The van der Waals surface area contributed by atoms with Crippen molar-refractivity contribution in [3.63, 3.8) is 0 Å². The number of nitrogens with zero attached hydrogens (tertiary/aromatic N) is 6. The molecular weight excluding hydrogens is 987 g/mol. The molecule has 0 spiro atoms. The van der Waals surface area contributed by atoms with E-state index < -0.39 is 9.84 Å². The van der Waals surface area contributed by atoms with Gasteiger partial charge < -0.3 is 47.5 Å². The van der Waals surface area contributed by atoms with Gasteiger partial charge in [0, 0.05) is 80.4 Å². The van der Waals surface area contributed by atoms with Crippen LogP contribution < -0.4 is 42.0 Å². The summed E-state index contributed by atoms with van der Waals surface area (Å²) in [6.45, 7) is 27.7. The molecule has 3 aromatic heterocycles. The first-order chi connectivity index (χ1) is 34.6. The summed E-state index contributed by atoms with van der Waals surface area (Å²) in [6, 6.07) is 12.9. The number of nitrogen functional groups attached to an aromatic ring is 1. The third-order valence-electron chi connectivity index (χ3n) is 12.1. The molecule has 0 aliphatic rings. The highest BCUT2D eigenvalue weighted by molar-refractivity contribution is 7.98. The van der Waals surface area contributed by atoms with Crippen LogP contribution in [0.1, 0.15) is 147 Å². The molecular formula is C56H85N11O6S2. The van der Waals surface area contributed by atoms with Crippen LogP contribution in [-0.4, -0.2) is 97.3 Å². The predicted molar refractivity (Wildman–Crippen MR) is 310 cm³/mol. The number of methoxy groups -OCH3 is 3. The summed E-state index contributed by atoms with van der Waals surface area (Å²) in [5.74, 6) is 6.49. The first-order valence-corrected chi connectivity index (χ1v) is 28.1. The molecule has 6 aromatic rings. The van der Waals surface area contributed by atoms with Gasteiger partial charge in [0.15, 0.2) is 5.16 Å². The van der Waals surface area contributed by atoms with Crippen LogP contribution in [0.2, 0.25) is 0 Å². The Kier molecular flexibility index (Phi) is 26.2. The Bertz CT molecular complexity index is 2900. The molecule has 0 saturated carbocycles. The van der Waals surface area contributed by atoms with Crippen molar-refractivity contribution in [2.45, 2.75) is 130 Å². The molecule has 0 unspecified atom stereocenters. The van der Waals surface area contributed by atoms with Gasteiger partial charge in [-0.05, 0) is 134 Å². The Morgan fingerprint density at radius 2 is 0.880 bits per heavy atom. The number of aromatic nitrogens is 6. The number of nitrogens with one attached hydrogen (secondary N) is 3. The van der Waals surface area contributed by atoms with Crippen LogP contribution in [0.25, 0.3) is 0 Å². The van der Waals surface area contributed by atoms with Crippen LogP contribution in [0.3, 0.4) is 0 Å². The van der Waals surface area contributed by atoms with E-state index in [1.165, 1.54) is 33.4 Å². The van der Waals surface area contributed by atoms with Crippen molar-refractivity contribution in [2.24, 2.45) is 0 Å². The van der Waals surface area contributed by atoms with E-state index in [1.54, 1.807) is 45.5 Å². The Hall–Kier alpha value is -6.28. The first-order valence-electron chi connectivity index (χ1n) is 24.9. The molecule has 3 heterocycles. The molecule has 6 rings (SSSR count). The van der Waals surface area contributed by atoms with Gasteiger partial charge in [-0.3, -0.25) is 0 Å². The van der Waals surface area contributed by atoms with E-state index in [1.807, 2.05) is 39.3 Å². The van der Waals surface area contributed by atoms with Crippen molar-refractivity contribution in [1.82, 2.24) is 36.1 Å². The molecule has 0 bridgehead atoms. The summed E-state index contributed by atoms with van der Waals surface area (Å²) < 4.78 is 40.0. The third-order valence-corrected chi connectivity index (χ3v) is 13.5. The van der Waals surface area contributed by atoms with Crippen molar-refractivity contribution >= 4 is 45.0 Å². The van der Waals surface area contributed by atoms with Crippen molar-refractivity contribution in [2.75, 3.05) is 75.2 Å². The number of sulfone groups is 1. The Morgan fingerprint density at radius 3 is 1.20 bits per heavy atom. The Balaban J connectivity index is 0.000000381. The number of ether oxygens (including phenoxy) is 3. The van der Waals surface area contributed by atoms with Crippen LogP contribution in [0, 0.1) is 20.8 Å². The van der Waals surface area contributed by atoms with E-state index in [9.17, 15) is 8.42 Å². The van der Waals surface area contributed by atoms with Gasteiger partial charge in [0.05, 0.1) is 21.3 Å². The molecule has 0 radical (unpaired) electrons. The fourth-order valence-electron chi connectivity index (χ4n) is 8.43. The SMILES string of the molecule is CCNc1nc(N)ncc1Cc1cc(OC)c(C)cc1C(C)C.CCNc1nc(S(C)(=O)=O)ncc1Cc1cc(OC)c(C)cc1C(C)C.CCNc1nc(SC)ncc1Cc1cc(OC)c(C)cc1C(C)C.N.O. The van der Waals surface area contributed by atoms with Crippen molar-refractivity contribution in [3.8, 4) is 17.2 Å². The molecule has 0 aliphatic carbocycles. The zero-order chi connectivity index (χ0) is 54.2. The lowest BCUT2D eigenvalue weighted by Gasteiger charge is -2.18. The fourth-order valence-corrected chi connectivity index (χ4v) is 9.27. The molecule has 3 aromatic carbocycles. The van der Waals surface area contributed by atoms with Gasteiger partial charge in [-0.1, -0.05) is 71.5 Å². The number of rotatable bonds is 20. The number of aryl methyl sites for hydroxylation is 3. The quantitative estimate of drug-likeness (QED) is 0.0351. The maximum Gasteiger partial charge on any atom is 0.248 e. The molecule has 17 nitrogen and oxygen atoms in total. The molecule has 0 atom stereocenters. The highest BCUT2D eigenvalue weighted by Gasteiger charge is 2.19. The number of hydrogen-bond donors (Lipinski definition) is 5. The van der Waals surface area contributed by atoms with Crippen LogP contribution in [-0.2, 0) is 29.1 Å². The lowest BCUT2D eigenvalue weighted by atomic mass is 9.91. The minimum Gasteiger partial charge on any atom is -0.496 e. The second-order valence-electron chi connectivity index (χ2n) is 18.8. The van der Waals surface area contributed by atoms with Crippen molar-refractivity contribution in [1.29, 1.82) is 0 Å². The number of nitrogens with two attached hydrogens (primary N) is 1. The molecule has 0 amide bonds. The molecule has 412 valence electrons. The van der Waals surface area contributed by atoms with Gasteiger partial charge in [0.1, 0.15) is 34.7 Å². The second kappa shape index (κ2) is 30.3. The fraction of sp³-hybridized carbons (Fsp3) is 0.464. The maximum atomic E-state index is 11.8. The van der Waals surface area contributed by atoms with Gasteiger partial charge in [-0.15, -0.1) is 0 Å². The van der Waals surface area contributed by atoms with Crippen LogP contribution in [0.4, 0.5) is 23.4 Å². The molecule has 10 N–H and O–H groups in total. The highest BCUT2D eigenvalue weighted by Crippen LogP contribution is 2.34. The van der Waals surface area contributed by atoms with Gasteiger partial charge in [-0.25, -0.2) is 33.3 Å². The summed E-state index contributed by atoms with van der Waals surface area (Å²) >= 11 is 1.56. The second-order valence-corrected chi connectivity index (χ2v) is 21.5. The topological polar surface area (TPSA) is 268 Å². The standard InChI is InChI=1S/C19H27N3O3S.C19H27N3OS.C18H26N4O.H3N.H2O/c1-7-20-18-15(11-21-19(22-18)26(6,23)24)9-14-10-17(25-5)13(4)8-16(14)12(2)3;1-7-20-18-15(11-21-19(22-18)24-6)9-14-10-17(23-5)13(4)8-16(14)12(2)3;1-6-20-17-14(10-21-18(19)22-17)8-13-9-16(23-5)12(4)7-15(13)11(2)3;;/h8,10-12H,7,9H2,1-6H3,(H,20,21,22);8,10-12H,7,9H2,1-6H3,(H,20,21,22);7,9-11H,6,8H2,1-5H3,(H3,19,20,21,22);1H3;1H2. The monoisotopic (exact) mass is 1070 g/mol. The molecule has 0 fully saturated rings. The third kappa shape index (κ3) is 17.9. The largest absolute Gasteiger partial charge is 0.496 e. The summed E-state index contributed by atoms with van der Waals surface area (Å²) in [4.78, 5) is 25.8. The average molecular weight is 1070 g/mol. The maximum absolute atomic E-state index is 11.8. The Morgan fingerprint density at radius 1 is 0.547 bits per heavy atom. The summed E-state index contributed by atoms with van der Waals surface area (Å²) in [7, 11) is 1.64. The minimum absolute atomic E-state index is 0. The Labute approximate surface area is 451 Å². The summed E-state index contributed by atoms with van der Waals surface area (Å²) in [6.07, 6.45) is 10.6. The van der Waals surface area contributed by atoms with Gasteiger partial charge in [-0.2, -0.15) is 4.98 Å². The van der Waals surface area contributed by atoms with E-state index in [0.717, 1.165) is 99.6 Å². The summed E-state index contributed by atoms with van der Waals surface area (Å²) in [5, 5.41) is 10.4. The zero-order valence-corrected chi connectivity index (χ0v) is 49.1. The van der Waals surface area contributed by atoms with Crippen molar-refractivity contribution < 1.29 is 28.1 Å². The molecule has 75 heavy (non-hydrogen) atoms. The van der Waals surface area contributed by atoms with E-state index >= 15 is 0 Å². The van der Waals surface area contributed by atoms with Crippen LogP contribution in [0.15, 0.2) is 65.3 Å². The number of benzene rings is 3. The van der Waals surface area contributed by atoms with Crippen molar-refractivity contribution in [3.05, 3.63) is 122 Å². The molecule has 0 aliphatic heterocycles. The van der Waals surface area contributed by atoms with Gasteiger partial charge >= 0.3 is 0 Å². The van der Waals surface area contributed by atoms with Gasteiger partial charge in [0.25, 0.3) is 0 Å². The van der Waals surface area contributed by atoms with E-state index in [-0.39, 0.29) is 22.7 Å². The highest BCUT2D eigenvalue weighted by atomic mass is 32.2. The lowest BCUT2D eigenvalue weighted by molar-refractivity contribution is 0.411. The molecule has 0 saturated heterocycles. The normalized spacial score (nSPS) is 10.9. The predicted octanol–water partition coefficient (Wildman–Crippen LogP) is 10.9. The average Bonchev–Trinajstić information content (AvgIpc) is 3.34.